The highest BCUT2D eigenvalue weighted by atomic mass is 16.5. The van der Waals surface area contributed by atoms with Crippen molar-refractivity contribution in [2.24, 2.45) is 0 Å². The van der Waals surface area contributed by atoms with Crippen LogP contribution in [-0.4, -0.2) is 22.2 Å². The molecule has 3 N–H and O–H groups in total. The summed E-state index contributed by atoms with van der Waals surface area (Å²) in [5, 5.41) is 8.85. The van der Waals surface area contributed by atoms with Gasteiger partial charge < -0.3 is 15.6 Å². The number of ether oxygens (including phenoxy) is 1. The summed E-state index contributed by atoms with van der Waals surface area (Å²) < 4.78 is 5.40. The fraction of sp³-hybridized carbons (Fsp3) is 0.333. The van der Waals surface area contributed by atoms with Crippen LogP contribution in [0.3, 0.4) is 0 Å². The third kappa shape index (κ3) is 1.61. The van der Waals surface area contributed by atoms with Gasteiger partial charge in [-0.15, -0.1) is 0 Å². The van der Waals surface area contributed by atoms with Gasteiger partial charge >= 0.3 is 5.97 Å². The van der Waals surface area contributed by atoms with E-state index in [-0.39, 0.29) is 23.1 Å². The average molecular weight is 194 g/mol. The van der Waals surface area contributed by atoms with Crippen LogP contribution in [0.1, 0.15) is 23.2 Å². The molecule has 0 radical (unpaired) electrons. The molecule has 1 heterocycles. The molecule has 0 bridgehead atoms. The Hall–Kier alpha value is -1.78. The van der Waals surface area contributed by atoms with Crippen LogP contribution in [0.5, 0.6) is 5.75 Å². The summed E-state index contributed by atoms with van der Waals surface area (Å²) in [6.07, 6.45) is 4.68. The topological polar surface area (TPSA) is 85.4 Å². The lowest BCUT2D eigenvalue weighted by Crippen LogP contribution is -2.07. The monoisotopic (exact) mass is 194 g/mol. The first-order valence-corrected chi connectivity index (χ1v) is 4.32. The van der Waals surface area contributed by atoms with E-state index in [9.17, 15) is 4.79 Å². The number of pyridine rings is 1. The summed E-state index contributed by atoms with van der Waals surface area (Å²) in [6, 6.07) is 0. The predicted octanol–water partition coefficient (Wildman–Crippen LogP) is 0.903. The van der Waals surface area contributed by atoms with Gasteiger partial charge in [0.1, 0.15) is 5.56 Å². The molecule has 74 valence electrons. The third-order valence-electron chi connectivity index (χ3n) is 1.96. The standard InChI is InChI=1S/C9H10N2O3/c10-7-4-11-3-6(9(12)13)8(7)14-5-1-2-5/h3-5H,1-2,10H2,(H,12,13). The second kappa shape index (κ2) is 3.17. The van der Waals surface area contributed by atoms with Crippen molar-refractivity contribution in [2.45, 2.75) is 18.9 Å². The second-order valence-corrected chi connectivity index (χ2v) is 3.23. The number of aromatic carboxylic acids is 1. The highest BCUT2D eigenvalue weighted by molar-refractivity contribution is 5.92. The van der Waals surface area contributed by atoms with Gasteiger partial charge in [-0.05, 0) is 12.8 Å². The van der Waals surface area contributed by atoms with Crippen molar-refractivity contribution >= 4 is 11.7 Å². The van der Waals surface area contributed by atoms with E-state index < -0.39 is 5.97 Å². The Balaban J connectivity index is 2.36. The molecular weight excluding hydrogens is 184 g/mol. The normalized spacial score (nSPS) is 15.1. The predicted molar refractivity (Wildman–Crippen MR) is 49.3 cm³/mol. The Morgan fingerprint density at radius 3 is 2.86 bits per heavy atom. The van der Waals surface area contributed by atoms with E-state index in [0.29, 0.717) is 0 Å². The first kappa shape index (κ1) is 8.80. The molecular formula is C9H10N2O3. The molecule has 0 aromatic carbocycles. The van der Waals surface area contributed by atoms with Crippen molar-refractivity contribution in [3.8, 4) is 5.75 Å². The number of rotatable bonds is 3. The molecule has 1 aromatic heterocycles. The zero-order chi connectivity index (χ0) is 10.1. The van der Waals surface area contributed by atoms with E-state index in [4.69, 9.17) is 15.6 Å². The van der Waals surface area contributed by atoms with Crippen LogP contribution in [-0.2, 0) is 0 Å². The van der Waals surface area contributed by atoms with E-state index in [1.165, 1.54) is 12.4 Å². The molecule has 1 aromatic rings. The number of hydrogen-bond acceptors (Lipinski definition) is 4. The van der Waals surface area contributed by atoms with Gasteiger partial charge in [0.15, 0.2) is 5.75 Å². The van der Waals surface area contributed by atoms with Crippen molar-refractivity contribution in [1.29, 1.82) is 0 Å². The smallest absolute Gasteiger partial charge is 0.341 e. The molecule has 2 rings (SSSR count). The number of carboxylic acids is 1. The molecule has 1 aliphatic rings. The second-order valence-electron chi connectivity index (χ2n) is 3.23. The molecule has 0 saturated heterocycles. The Morgan fingerprint density at radius 1 is 1.57 bits per heavy atom. The fourth-order valence-corrected chi connectivity index (χ4v) is 1.10. The van der Waals surface area contributed by atoms with Crippen LogP contribution in [0.15, 0.2) is 12.4 Å². The average Bonchev–Trinajstić information content (AvgIpc) is 2.91. The van der Waals surface area contributed by atoms with Crippen LogP contribution in [0.25, 0.3) is 0 Å². The lowest BCUT2D eigenvalue weighted by molar-refractivity contribution is 0.0691. The Bertz CT molecular complexity index is 374. The molecule has 1 aliphatic carbocycles. The van der Waals surface area contributed by atoms with Crippen LogP contribution in [0.4, 0.5) is 5.69 Å². The van der Waals surface area contributed by atoms with Crippen LogP contribution < -0.4 is 10.5 Å². The van der Waals surface area contributed by atoms with Crippen molar-refractivity contribution in [3.05, 3.63) is 18.0 Å². The molecule has 1 fully saturated rings. The molecule has 0 amide bonds. The van der Waals surface area contributed by atoms with E-state index in [1.54, 1.807) is 0 Å². The Morgan fingerprint density at radius 2 is 2.29 bits per heavy atom. The van der Waals surface area contributed by atoms with Gasteiger partial charge in [0.2, 0.25) is 0 Å². The number of nitrogens with two attached hydrogens (primary N) is 1. The first-order valence-electron chi connectivity index (χ1n) is 4.32. The minimum atomic E-state index is -1.07. The minimum absolute atomic E-state index is 0.0249. The van der Waals surface area contributed by atoms with Gasteiger partial charge in [-0.1, -0.05) is 0 Å². The van der Waals surface area contributed by atoms with Crippen LogP contribution in [0, 0.1) is 0 Å². The van der Waals surface area contributed by atoms with E-state index in [0.717, 1.165) is 12.8 Å². The summed E-state index contributed by atoms with van der Waals surface area (Å²) in [5.74, 6) is -0.824. The van der Waals surface area contributed by atoms with Crippen molar-refractivity contribution < 1.29 is 14.6 Å². The molecule has 5 heteroatoms. The zero-order valence-corrected chi connectivity index (χ0v) is 7.43. The highest BCUT2D eigenvalue weighted by Crippen LogP contribution is 2.32. The van der Waals surface area contributed by atoms with Crippen molar-refractivity contribution in [2.75, 3.05) is 5.73 Å². The van der Waals surface area contributed by atoms with Crippen LogP contribution in [0.2, 0.25) is 0 Å². The highest BCUT2D eigenvalue weighted by Gasteiger charge is 2.27. The zero-order valence-electron chi connectivity index (χ0n) is 7.43. The molecule has 5 nitrogen and oxygen atoms in total. The summed E-state index contributed by atoms with van der Waals surface area (Å²) >= 11 is 0. The number of nitrogens with zero attached hydrogens (tertiary/aromatic N) is 1. The van der Waals surface area contributed by atoms with Crippen LogP contribution >= 0.6 is 0 Å². The summed E-state index contributed by atoms with van der Waals surface area (Å²) in [5.41, 5.74) is 5.88. The molecule has 0 spiro atoms. The quantitative estimate of drug-likeness (QED) is 0.746. The molecule has 1 saturated carbocycles. The van der Waals surface area contributed by atoms with Crippen molar-refractivity contribution in [1.82, 2.24) is 4.98 Å². The van der Waals surface area contributed by atoms with Gasteiger partial charge in [0, 0.05) is 6.20 Å². The van der Waals surface area contributed by atoms with E-state index in [1.807, 2.05) is 0 Å². The summed E-state index contributed by atoms with van der Waals surface area (Å²) in [4.78, 5) is 14.5. The van der Waals surface area contributed by atoms with Gasteiger partial charge in [-0.25, -0.2) is 4.79 Å². The lowest BCUT2D eigenvalue weighted by atomic mass is 10.2. The molecule has 0 unspecified atom stereocenters. The van der Waals surface area contributed by atoms with E-state index in [2.05, 4.69) is 4.98 Å². The largest absolute Gasteiger partial charge is 0.487 e. The number of anilines is 1. The minimum Gasteiger partial charge on any atom is -0.487 e. The number of aromatic nitrogens is 1. The van der Waals surface area contributed by atoms with Crippen molar-refractivity contribution in [3.63, 3.8) is 0 Å². The number of hydrogen-bond donors (Lipinski definition) is 2. The first-order chi connectivity index (χ1) is 6.68. The third-order valence-corrected chi connectivity index (χ3v) is 1.96. The lowest BCUT2D eigenvalue weighted by Gasteiger charge is -2.09. The summed E-state index contributed by atoms with van der Waals surface area (Å²) in [7, 11) is 0. The number of nitrogen functional groups attached to an aromatic ring is 1. The number of carboxylic acid groups (broad SMARTS) is 1. The molecule has 0 aliphatic heterocycles. The maximum atomic E-state index is 10.8. The molecule has 14 heavy (non-hydrogen) atoms. The maximum absolute atomic E-state index is 10.8. The van der Waals surface area contributed by atoms with Gasteiger partial charge in [-0.3, -0.25) is 4.98 Å². The van der Waals surface area contributed by atoms with Gasteiger partial charge in [0.05, 0.1) is 18.0 Å². The maximum Gasteiger partial charge on any atom is 0.341 e. The number of carbonyl (C=O) groups is 1. The fourth-order valence-electron chi connectivity index (χ4n) is 1.10. The van der Waals surface area contributed by atoms with Gasteiger partial charge in [-0.2, -0.15) is 0 Å². The Kier molecular flexibility index (Phi) is 1.99. The van der Waals surface area contributed by atoms with E-state index >= 15 is 0 Å². The van der Waals surface area contributed by atoms with Gasteiger partial charge in [0.25, 0.3) is 0 Å². The molecule has 0 atom stereocenters. The Labute approximate surface area is 80.5 Å². The SMILES string of the molecule is Nc1cncc(C(=O)O)c1OC1CC1. The summed E-state index contributed by atoms with van der Waals surface area (Å²) in [6.45, 7) is 0.